The van der Waals surface area contributed by atoms with Crippen molar-refractivity contribution in [2.24, 2.45) is 4.99 Å². The molecule has 0 aliphatic carbocycles. The van der Waals surface area contributed by atoms with Crippen LogP contribution in [0.5, 0.6) is 0 Å². The molecule has 2 aliphatic rings. The third-order valence-electron chi connectivity index (χ3n) is 5.24. The molecule has 0 radical (unpaired) electrons. The highest BCUT2D eigenvalue weighted by atomic mass is 35.5. The van der Waals surface area contributed by atoms with Crippen molar-refractivity contribution in [3.05, 3.63) is 93.5 Å². The summed E-state index contributed by atoms with van der Waals surface area (Å²) in [6.07, 6.45) is 5.52. The number of rotatable bonds is 3. The molecule has 1 aromatic heterocycles. The second kappa shape index (κ2) is 6.84. The van der Waals surface area contributed by atoms with Gasteiger partial charge in [-0.25, -0.2) is 9.97 Å². The van der Waals surface area contributed by atoms with Gasteiger partial charge in [-0.15, -0.1) is 0 Å². The van der Waals surface area contributed by atoms with Gasteiger partial charge in [-0.2, -0.15) is 0 Å². The number of carbonyl (C=O) groups excluding carboxylic acids is 1. The summed E-state index contributed by atoms with van der Waals surface area (Å²) >= 11 is 6.09. The zero-order valence-electron chi connectivity index (χ0n) is 15.1. The molecule has 5 nitrogen and oxygen atoms in total. The molecule has 0 saturated carbocycles. The molecule has 0 unspecified atom stereocenters. The highest BCUT2D eigenvalue weighted by Gasteiger charge is 2.27. The average Bonchev–Trinajstić information content (AvgIpc) is 3.10. The van der Waals surface area contributed by atoms with E-state index in [1.54, 1.807) is 12.4 Å². The van der Waals surface area contributed by atoms with Crippen LogP contribution in [0.3, 0.4) is 0 Å². The topological polar surface area (TPSA) is 58.5 Å². The molecule has 28 heavy (non-hydrogen) atoms. The fourth-order valence-corrected chi connectivity index (χ4v) is 4.10. The van der Waals surface area contributed by atoms with Crippen LogP contribution in [0.25, 0.3) is 0 Å². The van der Waals surface area contributed by atoms with E-state index in [4.69, 9.17) is 11.6 Å². The normalized spacial score (nSPS) is 15.2. The van der Waals surface area contributed by atoms with Crippen LogP contribution in [-0.4, -0.2) is 26.5 Å². The largest absolute Gasteiger partial charge is 0.334 e. The van der Waals surface area contributed by atoms with Crippen molar-refractivity contribution in [3.8, 4) is 0 Å². The van der Waals surface area contributed by atoms with Gasteiger partial charge in [0, 0.05) is 41.6 Å². The van der Waals surface area contributed by atoms with Crippen LogP contribution < -0.4 is 0 Å². The molecule has 0 N–H and O–H groups in total. The van der Waals surface area contributed by atoms with Crippen LogP contribution in [0.2, 0.25) is 5.02 Å². The summed E-state index contributed by atoms with van der Waals surface area (Å²) in [5.41, 5.74) is 7.44. The molecule has 5 rings (SSSR count). The lowest BCUT2D eigenvalue weighted by Gasteiger charge is -2.29. The molecule has 3 heterocycles. The van der Waals surface area contributed by atoms with E-state index in [1.807, 2.05) is 29.2 Å². The molecule has 1 amide bonds. The Morgan fingerprint density at radius 1 is 1.04 bits per heavy atom. The standard InChI is InChI=1S/C22H17ClN4O/c23-19-3-1-2-14(4-19)11-27-12-17-6-20-16(5-15(17)7-21(27)28)10-26-22(20)18-8-24-13-25-9-18/h1-6,8-9,13H,7,10-12H2. The number of amides is 1. The SMILES string of the molecule is O=C1Cc2cc3c(cc2CN1Cc1cccc(Cl)c1)C(c1cncnc1)=NC3. The molecule has 6 heteroatoms. The van der Waals surface area contributed by atoms with Crippen molar-refractivity contribution in [3.63, 3.8) is 0 Å². The van der Waals surface area contributed by atoms with Crippen molar-refractivity contribution in [1.82, 2.24) is 14.9 Å². The summed E-state index contributed by atoms with van der Waals surface area (Å²) in [5.74, 6) is 0.142. The molecule has 138 valence electrons. The van der Waals surface area contributed by atoms with E-state index < -0.39 is 0 Å². The molecule has 3 aromatic rings. The van der Waals surface area contributed by atoms with E-state index in [1.165, 1.54) is 11.9 Å². The van der Waals surface area contributed by atoms with Crippen LogP contribution in [-0.2, 0) is 30.8 Å². The number of benzene rings is 2. The van der Waals surface area contributed by atoms with Gasteiger partial charge in [0.2, 0.25) is 5.91 Å². The molecule has 0 bridgehead atoms. The minimum Gasteiger partial charge on any atom is -0.334 e. The monoisotopic (exact) mass is 388 g/mol. The summed E-state index contributed by atoms with van der Waals surface area (Å²) in [6, 6.07) is 12.0. The number of nitrogens with zero attached hydrogens (tertiary/aromatic N) is 4. The van der Waals surface area contributed by atoms with Crippen LogP contribution in [0, 0.1) is 0 Å². The third kappa shape index (κ3) is 3.08. The maximum atomic E-state index is 12.7. The zero-order chi connectivity index (χ0) is 19.1. The molecule has 2 aromatic carbocycles. The number of hydrogen-bond acceptors (Lipinski definition) is 4. The Morgan fingerprint density at radius 3 is 2.71 bits per heavy atom. The Kier molecular flexibility index (Phi) is 4.17. The first-order chi connectivity index (χ1) is 13.7. The van der Waals surface area contributed by atoms with Gasteiger partial charge < -0.3 is 4.90 Å². The van der Waals surface area contributed by atoms with Crippen molar-refractivity contribution >= 4 is 23.2 Å². The van der Waals surface area contributed by atoms with Gasteiger partial charge >= 0.3 is 0 Å². The average molecular weight is 389 g/mol. The summed E-state index contributed by atoms with van der Waals surface area (Å²) < 4.78 is 0. The van der Waals surface area contributed by atoms with E-state index in [-0.39, 0.29) is 5.91 Å². The van der Waals surface area contributed by atoms with Gasteiger partial charge in [-0.1, -0.05) is 29.8 Å². The number of aliphatic imine (C=N–C) groups is 1. The van der Waals surface area contributed by atoms with Crippen molar-refractivity contribution < 1.29 is 4.79 Å². The molecule has 0 atom stereocenters. The number of fused-ring (bicyclic) bond motifs is 2. The van der Waals surface area contributed by atoms with Gasteiger partial charge in [0.05, 0.1) is 18.7 Å². The molecule has 2 aliphatic heterocycles. The summed E-state index contributed by atoms with van der Waals surface area (Å²) in [4.78, 5) is 27.5. The minimum atomic E-state index is 0.142. The maximum Gasteiger partial charge on any atom is 0.227 e. The van der Waals surface area contributed by atoms with E-state index in [2.05, 4.69) is 27.1 Å². The van der Waals surface area contributed by atoms with Crippen molar-refractivity contribution in [2.45, 2.75) is 26.1 Å². The maximum absolute atomic E-state index is 12.7. The summed E-state index contributed by atoms with van der Waals surface area (Å²) in [7, 11) is 0. The lowest BCUT2D eigenvalue weighted by Crippen LogP contribution is -2.35. The van der Waals surface area contributed by atoms with Crippen LogP contribution >= 0.6 is 11.6 Å². The zero-order valence-corrected chi connectivity index (χ0v) is 15.9. The Hall–Kier alpha value is -3.05. The molecule has 0 fully saturated rings. The van der Waals surface area contributed by atoms with Gasteiger partial charge in [0.25, 0.3) is 0 Å². The molecule has 0 spiro atoms. The Balaban J connectivity index is 1.45. The van der Waals surface area contributed by atoms with Crippen molar-refractivity contribution in [1.29, 1.82) is 0 Å². The first-order valence-electron chi connectivity index (χ1n) is 9.14. The highest BCUT2D eigenvalue weighted by Crippen LogP contribution is 2.30. The first-order valence-corrected chi connectivity index (χ1v) is 9.52. The van der Waals surface area contributed by atoms with E-state index in [0.717, 1.165) is 33.5 Å². The molecular formula is C22H17ClN4O. The highest BCUT2D eigenvalue weighted by molar-refractivity contribution is 6.30. The quantitative estimate of drug-likeness (QED) is 0.689. The van der Waals surface area contributed by atoms with E-state index in [0.29, 0.717) is 31.1 Å². The predicted molar refractivity (Wildman–Crippen MR) is 107 cm³/mol. The molecule has 0 saturated heterocycles. The minimum absolute atomic E-state index is 0.142. The molecular weight excluding hydrogens is 372 g/mol. The van der Waals surface area contributed by atoms with Gasteiger partial charge in [-0.05, 0) is 40.5 Å². The van der Waals surface area contributed by atoms with Gasteiger partial charge in [-0.3, -0.25) is 9.79 Å². The van der Waals surface area contributed by atoms with E-state index in [9.17, 15) is 4.79 Å². The van der Waals surface area contributed by atoms with Crippen LogP contribution in [0.15, 0.2) is 60.1 Å². The third-order valence-corrected chi connectivity index (χ3v) is 5.48. The lowest BCUT2D eigenvalue weighted by atomic mass is 9.91. The smallest absolute Gasteiger partial charge is 0.227 e. The lowest BCUT2D eigenvalue weighted by molar-refractivity contribution is -0.132. The summed E-state index contributed by atoms with van der Waals surface area (Å²) in [5, 5.41) is 0.686. The fraction of sp³-hybridized carbons (Fsp3) is 0.182. The fourth-order valence-electron chi connectivity index (χ4n) is 3.89. The first kappa shape index (κ1) is 17.1. The second-order valence-corrected chi connectivity index (χ2v) is 7.56. The number of hydrogen-bond donors (Lipinski definition) is 0. The number of aromatic nitrogens is 2. The van der Waals surface area contributed by atoms with E-state index >= 15 is 0 Å². The predicted octanol–water partition coefficient (Wildman–Crippen LogP) is 3.57. The second-order valence-electron chi connectivity index (χ2n) is 7.13. The van der Waals surface area contributed by atoms with Gasteiger partial charge in [0.15, 0.2) is 0 Å². The van der Waals surface area contributed by atoms with Crippen molar-refractivity contribution in [2.75, 3.05) is 0 Å². The Labute approximate surface area is 167 Å². The van der Waals surface area contributed by atoms with Crippen LogP contribution in [0.4, 0.5) is 0 Å². The summed E-state index contributed by atoms with van der Waals surface area (Å²) in [6.45, 7) is 1.78. The number of halogens is 1. The Morgan fingerprint density at radius 2 is 1.89 bits per heavy atom. The van der Waals surface area contributed by atoms with Crippen LogP contribution in [0.1, 0.15) is 33.4 Å². The Bertz CT molecular complexity index is 1110. The van der Waals surface area contributed by atoms with Gasteiger partial charge in [0.1, 0.15) is 6.33 Å². The number of carbonyl (C=O) groups is 1.